The number of carbonyl (C=O) groups is 2. The number of hydrogen-bond acceptors (Lipinski definition) is 5. The van der Waals surface area contributed by atoms with Crippen LogP contribution in [-0.2, 0) is 11.3 Å². The highest BCUT2D eigenvalue weighted by molar-refractivity contribution is 7.13. The molecular weight excluding hydrogens is 436 g/mol. The van der Waals surface area contributed by atoms with Crippen LogP contribution in [0.25, 0.3) is 10.6 Å². The highest BCUT2D eigenvalue weighted by atomic mass is 32.1. The number of rotatable bonds is 9. The Morgan fingerprint density at radius 3 is 2.52 bits per heavy atom. The Morgan fingerprint density at radius 2 is 1.82 bits per heavy atom. The molecule has 2 heterocycles. The summed E-state index contributed by atoms with van der Waals surface area (Å²) in [6, 6.07) is 20.8. The van der Waals surface area contributed by atoms with Crippen LogP contribution in [0.1, 0.15) is 22.8 Å². The summed E-state index contributed by atoms with van der Waals surface area (Å²) in [6.07, 6.45) is 1.72. The van der Waals surface area contributed by atoms with Crippen LogP contribution >= 0.6 is 11.3 Å². The van der Waals surface area contributed by atoms with Crippen molar-refractivity contribution in [2.45, 2.75) is 13.5 Å². The van der Waals surface area contributed by atoms with E-state index >= 15 is 0 Å². The fourth-order valence-corrected chi connectivity index (χ4v) is 4.02. The summed E-state index contributed by atoms with van der Waals surface area (Å²) in [5, 5.41) is 12.1. The molecule has 0 unspecified atom stereocenters. The molecule has 7 nitrogen and oxygen atoms in total. The Balaban J connectivity index is 1.42. The Kier molecular flexibility index (Phi) is 7.16. The molecule has 168 valence electrons. The largest absolute Gasteiger partial charge is 0.494 e. The molecule has 0 bridgehead atoms. The highest BCUT2D eigenvalue weighted by Gasteiger charge is 2.19. The van der Waals surface area contributed by atoms with E-state index in [4.69, 9.17) is 4.74 Å². The molecule has 0 aliphatic heterocycles. The van der Waals surface area contributed by atoms with Crippen molar-refractivity contribution in [1.82, 2.24) is 15.1 Å². The molecule has 2 aromatic heterocycles. The summed E-state index contributed by atoms with van der Waals surface area (Å²) in [6.45, 7) is 2.88. The number of ether oxygens (including phenoxy) is 1. The second kappa shape index (κ2) is 10.6. The molecule has 8 heteroatoms. The van der Waals surface area contributed by atoms with Crippen LogP contribution in [0.5, 0.6) is 5.75 Å². The summed E-state index contributed by atoms with van der Waals surface area (Å²) in [7, 11) is 0. The molecule has 2 aromatic carbocycles. The first kappa shape index (κ1) is 22.3. The van der Waals surface area contributed by atoms with E-state index in [2.05, 4.69) is 15.7 Å². The van der Waals surface area contributed by atoms with Gasteiger partial charge in [0.2, 0.25) is 5.91 Å². The summed E-state index contributed by atoms with van der Waals surface area (Å²) >= 11 is 1.51. The van der Waals surface area contributed by atoms with Crippen LogP contribution in [0.2, 0.25) is 0 Å². The third-order valence-electron chi connectivity index (χ3n) is 4.81. The van der Waals surface area contributed by atoms with E-state index in [0.717, 1.165) is 16.2 Å². The zero-order valence-corrected chi connectivity index (χ0v) is 19.0. The van der Waals surface area contributed by atoms with E-state index in [9.17, 15) is 9.59 Å². The smallest absolute Gasteiger partial charge is 0.255 e. The molecule has 2 N–H and O–H groups in total. The average Bonchev–Trinajstić information content (AvgIpc) is 3.50. The Labute approximate surface area is 196 Å². The quantitative estimate of drug-likeness (QED) is 0.387. The number of thiophene rings is 1. The van der Waals surface area contributed by atoms with Crippen LogP contribution in [0.3, 0.4) is 0 Å². The molecular formula is C25H24N4O3S. The first-order valence-corrected chi connectivity index (χ1v) is 11.5. The van der Waals surface area contributed by atoms with Crippen molar-refractivity contribution in [2.24, 2.45) is 0 Å². The Morgan fingerprint density at radius 1 is 1.03 bits per heavy atom. The number of amides is 2. The van der Waals surface area contributed by atoms with Crippen molar-refractivity contribution in [3.05, 3.63) is 89.4 Å². The van der Waals surface area contributed by atoms with Crippen LogP contribution in [0.15, 0.2) is 78.3 Å². The Bertz CT molecular complexity index is 1200. The van der Waals surface area contributed by atoms with Crippen LogP contribution in [0, 0.1) is 0 Å². The van der Waals surface area contributed by atoms with Crippen molar-refractivity contribution < 1.29 is 14.3 Å². The van der Waals surface area contributed by atoms with Gasteiger partial charge in [0.25, 0.3) is 5.91 Å². The van der Waals surface area contributed by atoms with E-state index in [1.165, 1.54) is 11.3 Å². The predicted molar refractivity (Wildman–Crippen MR) is 130 cm³/mol. The Hall–Kier alpha value is -3.91. The maximum atomic E-state index is 12.9. The first-order chi connectivity index (χ1) is 16.1. The summed E-state index contributed by atoms with van der Waals surface area (Å²) in [5.41, 5.74) is 2.75. The molecule has 2 amide bonds. The predicted octanol–water partition coefficient (Wildman–Crippen LogP) is 4.43. The van der Waals surface area contributed by atoms with Gasteiger partial charge < -0.3 is 15.4 Å². The number of nitrogens with zero attached hydrogens (tertiary/aromatic N) is 2. The van der Waals surface area contributed by atoms with Gasteiger partial charge >= 0.3 is 0 Å². The summed E-state index contributed by atoms with van der Waals surface area (Å²) in [5.74, 6) is 0.0684. The molecule has 0 atom stereocenters. The lowest BCUT2D eigenvalue weighted by Gasteiger charge is -2.08. The number of benzene rings is 2. The fraction of sp³-hybridized carbons (Fsp3) is 0.160. The van der Waals surface area contributed by atoms with Gasteiger partial charge in [-0.15, -0.1) is 11.3 Å². The summed E-state index contributed by atoms with van der Waals surface area (Å²) in [4.78, 5) is 26.2. The minimum atomic E-state index is -0.348. The second-order valence-corrected chi connectivity index (χ2v) is 8.19. The number of anilines is 1. The van der Waals surface area contributed by atoms with Gasteiger partial charge in [0, 0.05) is 11.9 Å². The van der Waals surface area contributed by atoms with Crippen molar-refractivity contribution in [3.63, 3.8) is 0 Å². The third kappa shape index (κ3) is 5.87. The van der Waals surface area contributed by atoms with Gasteiger partial charge in [-0.3, -0.25) is 14.3 Å². The van der Waals surface area contributed by atoms with Gasteiger partial charge in [0.1, 0.15) is 11.4 Å². The molecule has 0 aliphatic rings. The number of aromatic nitrogens is 2. The maximum Gasteiger partial charge on any atom is 0.255 e. The van der Waals surface area contributed by atoms with Gasteiger partial charge in [-0.1, -0.05) is 36.4 Å². The van der Waals surface area contributed by atoms with Crippen molar-refractivity contribution in [2.75, 3.05) is 18.5 Å². The average molecular weight is 461 g/mol. The van der Waals surface area contributed by atoms with E-state index < -0.39 is 0 Å². The molecule has 0 saturated heterocycles. The van der Waals surface area contributed by atoms with E-state index in [-0.39, 0.29) is 18.4 Å². The molecule has 33 heavy (non-hydrogen) atoms. The lowest BCUT2D eigenvalue weighted by atomic mass is 10.2. The van der Waals surface area contributed by atoms with Gasteiger partial charge in [-0.05, 0) is 48.2 Å². The molecule has 0 radical (unpaired) electrons. The van der Waals surface area contributed by atoms with Crippen LogP contribution < -0.4 is 15.4 Å². The zero-order valence-electron chi connectivity index (χ0n) is 18.2. The zero-order chi connectivity index (χ0) is 23.0. The number of carbonyl (C=O) groups excluding carboxylic acids is 2. The van der Waals surface area contributed by atoms with Crippen molar-refractivity contribution >= 4 is 28.8 Å². The normalized spacial score (nSPS) is 10.6. The lowest BCUT2D eigenvalue weighted by Crippen LogP contribution is -2.32. The summed E-state index contributed by atoms with van der Waals surface area (Å²) < 4.78 is 7.15. The van der Waals surface area contributed by atoms with Gasteiger partial charge in [-0.2, -0.15) is 5.10 Å². The van der Waals surface area contributed by atoms with E-state index in [1.807, 2.05) is 54.8 Å². The standard InChI is InChI=1S/C25H24N4O3S/c1-2-32-20-12-10-19(11-13-20)27-23(30)15-26-25(31)21-17-29(16-18-7-4-3-5-8-18)28-24(21)22-9-6-14-33-22/h3-14,17H,2,15-16H2,1H3,(H,26,31)(H,27,30). The second-order valence-electron chi connectivity index (χ2n) is 7.24. The van der Waals surface area contributed by atoms with Gasteiger partial charge in [0.15, 0.2) is 0 Å². The van der Waals surface area contributed by atoms with Crippen LogP contribution in [-0.4, -0.2) is 34.7 Å². The third-order valence-corrected chi connectivity index (χ3v) is 5.68. The SMILES string of the molecule is CCOc1ccc(NC(=O)CNC(=O)c2cn(Cc3ccccc3)nc2-c2cccs2)cc1. The molecule has 4 rings (SSSR count). The monoisotopic (exact) mass is 460 g/mol. The number of nitrogens with one attached hydrogen (secondary N) is 2. The van der Waals surface area contributed by atoms with E-state index in [0.29, 0.717) is 30.1 Å². The minimum absolute atomic E-state index is 0.153. The lowest BCUT2D eigenvalue weighted by molar-refractivity contribution is -0.115. The molecule has 0 saturated carbocycles. The minimum Gasteiger partial charge on any atom is -0.494 e. The van der Waals surface area contributed by atoms with E-state index in [1.54, 1.807) is 35.1 Å². The molecule has 0 aliphatic carbocycles. The van der Waals surface area contributed by atoms with Crippen LogP contribution in [0.4, 0.5) is 5.69 Å². The van der Waals surface area contributed by atoms with Crippen molar-refractivity contribution in [1.29, 1.82) is 0 Å². The van der Waals surface area contributed by atoms with Gasteiger partial charge in [0.05, 0.1) is 30.1 Å². The maximum absolute atomic E-state index is 12.9. The topological polar surface area (TPSA) is 85.3 Å². The number of hydrogen-bond donors (Lipinski definition) is 2. The highest BCUT2D eigenvalue weighted by Crippen LogP contribution is 2.27. The molecule has 0 spiro atoms. The molecule has 4 aromatic rings. The van der Waals surface area contributed by atoms with Gasteiger partial charge in [-0.25, -0.2) is 0 Å². The first-order valence-electron chi connectivity index (χ1n) is 10.6. The fourth-order valence-electron chi connectivity index (χ4n) is 3.30. The molecule has 0 fully saturated rings. The van der Waals surface area contributed by atoms with Crippen molar-refractivity contribution in [3.8, 4) is 16.3 Å².